The van der Waals surface area contributed by atoms with E-state index in [0.717, 1.165) is 13.0 Å². The second-order valence-corrected chi connectivity index (χ2v) is 5.71. The van der Waals surface area contributed by atoms with E-state index in [-0.39, 0.29) is 16.0 Å². The van der Waals surface area contributed by atoms with E-state index in [0.29, 0.717) is 11.1 Å². The van der Waals surface area contributed by atoms with Crippen molar-refractivity contribution >= 4 is 35.3 Å². The molecule has 0 bridgehead atoms. The molecule has 0 unspecified atom stereocenters. The van der Waals surface area contributed by atoms with Crippen LogP contribution in [0.4, 0.5) is 13.2 Å². The number of halogens is 4. The van der Waals surface area contributed by atoms with Crippen molar-refractivity contribution in [2.45, 2.75) is 33.9 Å². The van der Waals surface area contributed by atoms with E-state index in [4.69, 9.17) is 16.0 Å². The first-order chi connectivity index (χ1) is 11.1. The number of carbonyl (C=O) groups excluding carboxylic acids is 1. The third kappa shape index (κ3) is 5.37. The Balaban J connectivity index is 3.46. The molecule has 7 heteroatoms. The van der Waals surface area contributed by atoms with E-state index < -0.39 is 17.5 Å². The number of hydrogen-bond donors (Lipinski definition) is 0. The number of rotatable bonds is 5. The van der Waals surface area contributed by atoms with Crippen molar-refractivity contribution in [3.63, 3.8) is 0 Å². The molecule has 0 aliphatic carbocycles. The molecular weight excluding hydrogens is 339 g/mol. The molecule has 0 amide bonds. The van der Waals surface area contributed by atoms with Gasteiger partial charge in [0.1, 0.15) is 0 Å². The van der Waals surface area contributed by atoms with Crippen molar-refractivity contribution in [1.82, 2.24) is 0 Å². The fourth-order valence-electron chi connectivity index (χ4n) is 2.07. The summed E-state index contributed by atoms with van der Waals surface area (Å²) in [5.74, 6) is -0.399. The Bertz CT molecular complexity index is 720. The first kappa shape index (κ1) is 20.2. The van der Waals surface area contributed by atoms with Crippen LogP contribution in [0.15, 0.2) is 51.2 Å². The summed E-state index contributed by atoms with van der Waals surface area (Å²) in [6.07, 6.45) is 0.746. The zero-order chi connectivity index (χ0) is 18.5. The van der Waals surface area contributed by atoms with Crippen molar-refractivity contribution in [2.24, 2.45) is 0 Å². The average Bonchev–Trinajstić information content (AvgIpc) is 2.97. The van der Waals surface area contributed by atoms with Crippen molar-refractivity contribution in [2.75, 3.05) is 0 Å². The first-order valence-corrected chi connectivity index (χ1v) is 7.49. The summed E-state index contributed by atoms with van der Waals surface area (Å²) < 4.78 is 45.3. The van der Waals surface area contributed by atoms with Gasteiger partial charge in [0.05, 0.1) is 0 Å². The molecule has 0 radical (unpaired) electrons. The molecule has 128 valence electrons. The van der Waals surface area contributed by atoms with Gasteiger partial charge in [-0.1, -0.05) is 0 Å². The van der Waals surface area contributed by atoms with Crippen molar-refractivity contribution in [3.05, 3.63) is 52.4 Å². The van der Waals surface area contributed by atoms with Crippen LogP contribution in [-0.4, -0.2) is 24.3 Å². The Morgan fingerprint density at radius 1 is 1.29 bits per heavy atom. The summed E-state index contributed by atoms with van der Waals surface area (Å²) in [5, 5.41) is 0.143. The maximum absolute atomic E-state index is 13.5. The number of alkyl halides is 3. The normalized spacial score (nSPS) is 15.1. The number of hydrogen-bond acceptors (Lipinski definition) is 2. The molecule has 1 aromatic heterocycles. The van der Waals surface area contributed by atoms with Gasteiger partial charge in [-0.25, -0.2) is 0 Å². The number of Topliss-reactive ketones (excluding diaryl/α,β-unsaturated/α-hetero) is 1. The molecule has 2 nitrogen and oxygen atoms in total. The van der Waals surface area contributed by atoms with Crippen LogP contribution in [0.25, 0.3) is 5.57 Å². The summed E-state index contributed by atoms with van der Waals surface area (Å²) in [5.41, 5.74) is -0.0126. The second-order valence-electron chi connectivity index (χ2n) is 5.14. The number of carbonyl (C=O) groups is 1. The molecule has 0 fully saturated rings. The summed E-state index contributed by atoms with van der Waals surface area (Å²) in [7, 11) is 0. The van der Waals surface area contributed by atoms with E-state index in [1.165, 1.54) is 33.3 Å². The topological polar surface area (TPSA) is 30.2 Å². The molecule has 24 heavy (non-hydrogen) atoms. The van der Waals surface area contributed by atoms with E-state index in [2.05, 4.69) is 0 Å². The quantitative estimate of drug-likeness (QED) is 0.416. The standard InChI is InChI=1S/C17H17BClF3O2/c1-5-13(14-6-7-24-9-14)8-15(17(20,21)22)10(2)18-16(11(3)19)12(4)23/h5-9H,1-4H3/b13-5+,15-8+,16-11+. The monoisotopic (exact) mass is 356 g/mol. The maximum atomic E-state index is 13.5. The molecule has 0 aliphatic rings. The van der Waals surface area contributed by atoms with Gasteiger partial charge >= 0.3 is 144 Å². The van der Waals surface area contributed by atoms with E-state index >= 15 is 0 Å². The SMILES string of the molecule is C\C=C(/C=C(\C(C)=B/C(C(C)=O)=C(\C)Cl)C(F)(F)F)c1ccoc1. The second kappa shape index (κ2) is 8.33. The van der Waals surface area contributed by atoms with Gasteiger partial charge in [0.2, 0.25) is 0 Å². The van der Waals surface area contributed by atoms with Crippen molar-refractivity contribution < 1.29 is 22.4 Å². The number of allylic oxidation sites excluding steroid dienone is 6. The Hall–Kier alpha value is -1.82. The zero-order valence-corrected chi connectivity index (χ0v) is 14.5. The van der Waals surface area contributed by atoms with Crippen molar-refractivity contribution in [3.8, 4) is 0 Å². The van der Waals surface area contributed by atoms with Gasteiger partial charge in [-0.3, -0.25) is 0 Å². The van der Waals surface area contributed by atoms with Crippen LogP contribution >= 0.6 is 11.6 Å². The summed E-state index contributed by atoms with van der Waals surface area (Å²) in [4.78, 5) is 11.5. The van der Waals surface area contributed by atoms with Crippen LogP contribution in [-0.2, 0) is 4.79 Å². The molecule has 0 saturated carbocycles. The predicted molar refractivity (Wildman–Crippen MR) is 92.2 cm³/mol. The van der Waals surface area contributed by atoms with E-state index in [9.17, 15) is 18.0 Å². The van der Waals surface area contributed by atoms with Crippen molar-refractivity contribution in [1.29, 1.82) is 0 Å². The van der Waals surface area contributed by atoms with Gasteiger partial charge in [0.15, 0.2) is 0 Å². The minimum atomic E-state index is -4.58. The molecule has 0 saturated heterocycles. The molecule has 1 rings (SSSR count). The van der Waals surface area contributed by atoms with Crippen LogP contribution in [0, 0.1) is 0 Å². The van der Waals surface area contributed by atoms with Gasteiger partial charge in [-0.2, -0.15) is 0 Å². The molecule has 0 aromatic carbocycles. The average molecular weight is 357 g/mol. The third-order valence-corrected chi connectivity index (χ3v) is 3.51. The van der Waals surface area contributed by atoms with Gasteiger partial charge in [-0.15, -0.1) is 0 Å². The van der Waals surface area contributed by atoms with Crippen LogP contribution in [0.1, 0.15) is 33.3 Å². The Morgan fingerprint density at radius 2 is 1.92 bits per heavy atom. The van der Waals surface area contributed by atoms with Crippen LogP contribution in [0.2, 0.25) is 0 Å². The summed E-state index contributed by atoms with van der Waals surface area (Å²) >= 11 is 5.81. The van der Waals surface area contributed by atoms with Gasteiger partial charge in [0, 0.05) is 0 Å². The molecular formula is C17H17BClF3O2. The van der Waals surface area contributed by atoms with Gasteiger partial charge in [0.25, 0.3) is 0 Å². The minimum absolute atomic E-state index is 0.0506. The van der Waals surface area contributed by atoms with Crippen LogP contribution in [0.5, 0.6) is 0 Å². The van der Waals surface area contributed by atoms with Gasteiger partial charge in [-0.05, 0) is 0 Å². The number of furan rings is 1. The fraction of sp³-hybridized carbons (Fsp3) is 0.294. The molecule has 1 aromatic rings. The summed E-state index contributed by atoms with van der Waals surface area (Å²) in [6, 6.07) is 1.57. The molecule has 1 heterocycles. The van der Waals surface area contributed by atoms with Crippen LogP contribution < -0.4 is 0 Å². The van der Waals surface area contributed by atoms with E-state index in [1.807, 2.05) is 0 Å². The molecule has 0 atom stereocenters. The third-order valence-electron chi connectivity index (χ3n) is 3.31. The predicted octanol–water partition coefficient (Wildman–Crippen LogP) is 5.13. The Morgan fingerprint density at radius 3 is 2.29 bits per heavy atom. The molecule has 0 aliphatic heterocycles. The summed E-state index contributed by atoms with van der Waals surface area (Å²) in [6.45, 7) is 6.81. The van der Waals surface area contributed by atoms with Gasteiger partial charge < -0.3 is 0 Å². The van der Waals surface area contributed by atoms with Crippen LogP contribution in [0.3, 0.4) is 0 Å². The Labute approximate surface area is 144 Å². The Kier molecular flexibility index (Phi) is 7.02. The molecule has 0 spiro atoms. The zero-order valence-electron chi connectivity index (χ0n) is 13.8. The number of ketones is 1. The fourth-order valence-corrected chi connectivity index (χ4v) is 2.26. The van der Waals surface area contributed by atoms with E-state index in [1.54, 1.807) is 19.1 Å². The molecule has 0 N–H and O–H groups in total. The first-order valence-electron chi connectivity index (χ1n) is 7.11.